The average Bonchev–Trinajstić information content (AvgIpc) is 2.51. The summed E-state index contributed by atoms with van der Waals surface area (Å²) in [5, 5.41) is 4.28. The molecule has 1 amide bonds. The van der Waals surface area contributed by atoms with Crippen molar-refractivity contribution in [2.45, 2.75) is 12.5 Å². The topological polar surface area (TPSA) is 32.3 Å². The molecule has 0 aromatic heterocycles. The molecule has 0 fully saturated rings. The van der Waals surface area contributed by atoms with E-state index in [1.54, 1.807) is 6.07 Å². The van der Waals surface area contributed by atoms with Gasteiger partial charge in [0, 0.05) is 16.6 Å². The second-order valence-electron chi connectivity index (χ2n) is 5.57. The van der Waals surface area contributed by atoms with Crippen LogP contribution in [0.3, 0.4) is 0 Å². The number of benzene rings is 2. The lowest BCUT2D eigenvalue weighted by Gasteiger charge is -2.26. The lowest BCUT2D eigenvalue weighted by atomic mass is 10.1. The van der Waals surface area contributed by atoms with Gasteiger partial charge in [-0.2, -0.15) is 0 Å². The summed E-state index contributed by atoms with van der Waals surface area (Å²) in [5.41, 5.74) is 1.82. The molecule has 1 atom stereocenters. The van der Waals surface area contributed by atoms with Gasteiger partial charge in [0.2, 0.25) is 5.91 Å². The molecule has 0 aliphatic carbocycles. The maximum atomic E-state index is 12.2. The Labute approximate surface area is 147 Å². The number of nitrogens with zero attached hydrogens (tertiary/aromatic N) is 1. The van der Waals surface area contributed by atoms with Crippen molar-refractivity contribution in [1.82, 2.24) is 10.2 Å². The third kappa shape index (κ3) is 4.96. The number of hydrogen-bond acceptors (Lipinski definition) is 2. The molecule has 0 bridgehead atoms. The summed E-state index contributed by atoms with van der Waals surface area (Å²) in [6.45, 7) is 0.486. The highest BCUT2D eigenvalue weighted by Crippen LogP contribution is 2.25. The molecule has 3 nitrogen and oxygen atoms in total. The number of carbonyl (C=O) groups excluding carboxylic acids is 1. The van der Waals surface area contributed by atoms with Gasteiger partial charge < -0.3 is 10.2 Å². The molecule has 1 N–H and O–H groups in total. The van der Waals surface area contributed by atoms with Crippen LogP contribution in [-0.2, 0) is 11.2 Å². The van der Waals surface area contributed by atoms with Crippen molar-refractivity contribution in [3.63, 3.8) is 0 Å². The first-order chi connectivity index (χ1) is 11.0. The van der Waals surface area contributed by atoms with Crippen LogP contribution in [0.15, 0.2) is 48.5 Å². The first kappa shape index (κ1) is 17.8. The molecule has 0 radical (unpaired) electrons. The molecule has 0 aliphatic heterocycles. The number of rotatable bonds is 6. The third-order valence-corrected chi connectivity index (χ3v) is 4.40. The predicted molar refractivity (Wildman–Crippen MR) is 96.0 cm³/mol. The fourth-order valence-electron chi connectivity index (χ4n) is 2.40. The molecular weight excluding hydrogens is 331 g/mol. The molecule has 1 unspecified atom stereocenters. The van der Waals surface area contributed by atoms with Crippen LogP contribution in [0, 0.1) is 0 Å². The summed E-state index contributed by atoms with van der Waals surface area (Å²) in [6.07, 6.45) is 0.266. The molecule has 122 valence electrons. The summed E-state index contributed by atoms with van der Waals surface area (Å²) >= 11 is 12.4. The van der Waals surface area contributed by atoms with E-state index < -0.39 is 0 Å². The van der Waals surface area contributed by atoms with Gasteiger partial charge in [-0.25, -0.2) is 0 Å². The number of nitrogens with one attached hydrogen (secondary N) is 1. The second-order valence-corrected chi connectivity index (χ2v) is 6.39. The van der Waals surface area contributed by atoms with E-state index in [4.69, 9.17) is 23.2 Å². The van der Waals surface area contributed by atoms with Gasteiger partial charge in [-0.05, 0) is 37.4 Å². The minimum atomic E-state index is -0.0583. The number of halogens is 2. The highest BCUT2D eigenvalue weighted by atomic mass is 35.5. The molecule has 0 aliphatic rings. The second kappa shape index (κ2) is 8.34. The maximum absolute atomic E-state index is 12.2. The Balaban J connectivity index is 2.01. The zero-order valence-corrected chi connectivity index (χ0v) is 14.7. The van der Waals surface area contributed by atoms with Crippen LogP contribution in [0.25, 0.3) is 0 Å². The number of amides is 1. The number of likely N-dealkylation sites (N-methyl/N-ethyl adjacent to an activating group) is 1. The average molecular weight is 351 g/mol. The lowest BCUT2D eigenvalue weighted by Crippen LogP contribution is -2.35. The standard InChI is InChI=1S/C18H20Cl2N2O/c1-22(2)17(14-8-4-6-10-16(14)20)12-21-18(23)11-13-7-3-5-9-15(13)19/h3-10,17H,11-12H2,1-2H3,(H,21,23). The molecule has 2 aromatic carbocycles. The Morgan fingerprint density at radius 3 is 2.26 bits per heavy atom. The Morgan fingerprint density at radius 1 is 1.04 bits per heavy atom. The van der Waals surface area contributed by atoms with E-state index in [1.165, 1.54) is 0 Å². The number of hydrogen-bond donors (Lipinski definition) is 1. The first-order valence-electron chi connectivity index (χ1n) is 7.40. The van der Waals surface area contributed by atoms with Gasteiger partial charge in [-0.3, -0.25) is 4.79 Å². The van der Waals surface area contributed by atoms with Gasteiger partial charge >= 0.3 is 0 Å². The smallest absolute Gasteiger partial charge is 0.224 e. The van der Waals surface area contributed by atoms with Crippen LogP contribution in [0.1, 0.15) is 17.2 Å². The van der Waals surface area contributed by atoms with Crippen LogP contribution in [0.5, 0.6) is 0 Å². The van der Waals surface area contributed by atoms with E-state index >= 15 is 0 Å². The molecule has 0 saturated carbocycles. The molecule has 0 saturated heterocycles. The summed E-state index contributed by atoms with van der Waals surface area (Å²) in [6, 6.07) is 15.1. The summed E-state index contributed by atoms with van der Waals surface area (Å²) in [5.74, 6) is -0.0583. The molecule has 5 heteroatoms. The molecule has 2 rings (SSSR count). The van der Waals surface area contributed by atoms with Gasteiger partial charge in [-0.1, -0.05) is 59.6 Å². The van der Waals surface area contributed by atoms with Gasteiger partial charge in [0.15, 0.2) is 0 Å². The lowest BCUT2D eigenvalue weighted by molar-refractivity contribution is -0.120. The van der Waals surface area contributed by atoms with Crippen molar-refractivity contribution in [2.75, 3.05) is 20.6 Å². The van der Waals surface area contributed by atoms with Gasteiger partial charge in [-0.15, -0.1) is 0 Å². The largest absolute Gasteiger partial charge is 0.354 e. The van der Waals surface area contributed by atoms with Gasteiger partial charge in [0.25, 0.3) is 0 Å². The van der Waals surface area contributed by atoms with Crippen LogP contribution in [0.2, 0.25) is 10.0 Å². The summed E-state index contributed by atoms with van der Waals surface area (Å²) in [4.78, 5) is 14.2. The first-order valence-corrected chi connectivity index (χ1v) is 8.15. The van der Waals surface area contributed by atoms with Crippen molar-refractivity contribution in [3.05, 3.63) is 69.7 Å². The van der Waals surface area contributed by atoms with E-state index in [0.29, 0.717) is 16.6 Å². The van der Waals surface area contributed by atoms with Crippen LogP contribution >= 0.6 is 23.2 Å². The molecule has 23 heavy (non-hydrogen) atoms. The van der Waals surface area contributed by atoms with E-state index in [2.05, 4.69) is 5.32 Å². The SMILES string of the molecule is CN(C)C(CNC(=O)Cc1ccccc1Cl)c1ccccc1Cl. The zero-order chi connectivity index (χ0) is 16.8. The summed E-state index contributed by atoms with van der Waals surface area (Å²) in [7, 11) is 3.93. The van der Waals surface area contributed by atoms with E-state index in [0.717, 1.165) is 11.1 Å². The number of carbonyl (C=O) groups is 1. The Hall–Kier alpha value is -1.55. The van der Waals surface area contributed by atoms with Crippen molar-refractivity contribution in [1.29, 1.82) is 0 Å². The Bertz CT molecular complexity index is 674. The van der Waals surface area contributed by atoms with Crippen molar-refractivity contribution in [3.8, 4) is 0 Å². The highest BCUT2D eigenvalue weighted by molar-refractivity contribution is 6.31. The molecule has 0 heterocycles. The Kier molecular flexibility index (Phi) is 6.46. The van der Waals surface area contributed by atoms with Crippen molar-refractivity contribution in [2.24, 2.45) is 0 Å². The fraction of sp³-hybridized carbons (Fsp3) is 0.278. The van der Waals surface area contributed by atoms with E-state index in [-0.39, 0.29) is 18.4 Å². The highest BCUT2D eigenvalue weighted by Gasteiger charge is 2.18. The maximum Gasteiger partial charge on any atom is 0.224 e. The van der Waals surface area contributed by atoms with Crippen LogP contribution < -0.4 is 5.32 Å². The zero-order valence-electron chi connectivity index (χ0n) is 13.2. The molecule has 0 spiro atoms. The van der Waals surface area contributed by atoms with E-state index in [9.17, 15) is 4.79 Å². The fourth-order valence-corrected chi connectivity index (χ4v) is 2.87. The van der Waals surface area contributed by atoms with Gasteiger partial charge in [0.1, 0.15) is 0 Å². The van der Waals surface area contributed by atoms with Crippen molar-refractivity contribution < 1.29 is 4.79 Å². The predicted octanol–water partition coefficient (Wildman–Crippen LogP) is 3.96. The minimum absolute atomic E-state index is 0.0129. The van der Waals surface area contributed by atoms with Crippen molar-refractivity contribution >= 4 is 29.1 Å². The molecule has 2 aromatic rings. The van der Waals surface area contributed by atoms with Crippen LogP contribution in [0.4, 0.5) is 0 Å². The normalized spacial score (nSPS) is 12.2. The Morgan fingerprint density at radius 2 is 1.65 bits per heavy atom. The van der Waals surface area contributed by atoms with Gasteiger partial charge in [0.05, 0.1) is 12.5 Å². The summed E-state index contributed by atoms with van der Waals surface area (Å²) < 4.78 is 0. The van der Waals surface area contributed by atoms with Crippen LogP contribution in [-0.4, -0.2) is 31.4 Å². The quantitative estimate of drug-likeness (QED) is 0.855. The monoisotopic (exact) mass is 350 g/mol. The third-order valence-electron chi connectivity index (χ3n) is 3.69. The molecular formula is C18H20Cl2N2O. The van der Waals surface area contributed by atoms with E-state index in [1.807, 2.05) is 61.5 Å². The minimum Gasteiger partial charge on any atom is -0.354 e.